The number of hydrogen-bond donors (Lipinski definition) is 3. The molecule has 0 radical (unpaired) electrons. The molecule has 0 unspecified atom stereocenters. The molecule has 0 aliphatic heterocycles. The fourth-order valence-electron chi connectivity index (χ4n) is 4.04. The van der Waals surface area contributed by atoms with Crippen molar-refractivity contribution in [2.45, 2.75) is 13.0 Å². The van der Waals surface area contributed by atoms with Gasteiger partial charge in [0.25, 0.3) is 17.4 Å². The molecule has 0 bridgehead atoms. The summed E-state index contributed by atoms with van der Waals surface area (Å²) in [5, 5.41) is 18.8. The van der Waals surface area contributed by atoms with E-state index >= 15 is 0 Å². The van der Waals surface area contributed by atoms with E-state index in [4.69, 9.17) is 11.6 Å². The second-order valence-electron chi connectivity index (χ2n) is 8.53. The van der Waals surface area contributed by atoms with E-state index in [1.165, 1.54) is 6.21 Å². The Morgan fingerprint density at radius 2 is 1.62 bits per heavy atom. The van der Waals surface area contributed by atoms with Gasteiger partial charge in [-0.05, 0) is 37.3 Å². The SMILES string of the molecule is Cc1nn(-c2ccccc2)c(Cl)c1C=NNC(=O)[C@@H](NC(=O)c1ccccc1)c1n[nH]c(=O)c2ccccc12. The Hall–Kier alpha value is -5.09. The Labute approximate surface area is 227 Å². The van der Waals surface area contributed by atoms with Gasteiger partial charge < -0.3 is 5.32 Å². The number of rotatable bonds is 7. The number of fused-ring (bicyclic) bond motifs is 1. The number of amides is 2. The predicted molar refractivity (Wildman–Crippen MR) is 148 cm³/mol. The van der Waals surface area contributed by atoms with Crippen LogP contribution in [0.5, 0.6) is 0 Å². The van der Waals surface area contributed by atoms with E-state index in [0.717, 1.165) is 5.69 Å². The molecule has 11 heteroatoms. The summed E-state index contributed by atoms with van der Waals surface area (Å²) in [6.07, 6.45) is 1.39. The van der Waals surface area contributed by atoms with Gasteiger partial charge in [-0.25, -0.2) is 15.2 Å². The fraction of sp³-hybridized carbons (Fsp3) is 0.0714. The van der Waals surface area contributed by atoms with Gasteiger partial charge in [0.15, 0.2) is 6.04 Å². The third-order valence-corrected chi connectivity index (χ3v) is 6.35. The fourth-order valence-corrected chi connectivity index (χ4v) is 4.36. The number of carbonyl (C=O) groups is 2. The van der Waals surface area contributed by atoms with Gasteiger partial charge in [0, 0.05) is 10.9 Å². The second-order valence-corrected chi connectivity index (χ2v) is 8.89. The lowest BCUT2D eigenvalue weighted by Gasteiger charge is -2.18. The summed E-state index contributed by atoms with van der Waals surface area (Å²) in [6.45, 7) is 1.77. The highest BCUT2D eigenvalue weighted by molar-refractivity contribution is 6.32. The first-order chi connectivity index (χ1) is 18.9. The van der Waals surface area contributed by atoms with Crippen molar-refractivity contribution < 1.29 is 9.59 Å². The quantitative estimate of drug-likeness (QED) is 0.214. The van der Waals surface area contributed by atoms with E-state index in [0.29, 0.717) is 32.7 Å². The number of halogens is 1. The molecule has 0 saturated heterocycles. The van der Waals surface area contributed by atoms with Crippen LogP contribution in [-0.4, -0.2) is 38.0 Å². The molecule has 0 fully saturated rings. The Balaban J connectivity index is 1.45. The number of carbonyl (C=O) groups excluding carboxylic acids is 2. The molecule has 2 aromatic heterocycles. The van der Waals surface area contributed by atoms with Crippen LogP contribution in [0.25, 0.3) is 16.5 Å². The molecule has 0 spiro atoms. The molecule has 39 heavy (non-hydrogen) atoms. The number of hydrazone groups is 1. The van der Waals surface area contributed by atoms with Crippen LogP contribution in [0.4, 0.5) is 0 Å². The molecule has 5 aromatic rings. The highest BCUT2D eigenvalue weighted by Gasteiger charge is 2.27. The summed E-state index contributed by atoms with van der Waals surface area (Å²) in [5.74, 6) is -1.18. The molecule has 3 N–H and O–H groups in total. The lowest BCUT2D eigenvalue weighted by Crippen LogP contribution is -2.40. The summed E-state index contributed by atoms with van der Waals surface area (Å²) < 4.78 is 1.57. The minimum absolute atomic E-state index is 0.160. The molecule has 0 aliphatic rings. The molecule has 194 valence electrons. The van der Waals surface area contributed by atoms with Crippen LogP contribution in [0.3, 0.4) is 0 Å². The van der Waals surface area contributed by atoms with Gasteiger partial charge in [-0.2, -0.15) is 15.3 Å². The number of benzene rings is 3. The predicted octanol–water partition coefficient (Wildman–Crippen LogP) is 3.69. The van der Waals surface area contributed by atoms with Crippen LogP contribution in [0.1, 0.15) is 33.4 Å². The molecular formula is C28H22ClN7O3. The summed E-state index contributed by atoms with van der Waals surface area (Å²) in [4.78, 5) is 38.7. The van der Waals surface area contributed by atoms with Gasteiger partial charge in [0.1, 0.15) is 10.8 Å². The molecular weight excluding hydrogens is 518 g/mol. The topological polar surface area (TPSA) is 134 Å². The van der Waals surface area contributed by atoms with Gasteiger partial charge in [0.2, 0.25) is 0 Å². The standard InChI is InChI=1S/C28H22ClN7O3/c1-17-22(25(29)36(35-17)19-12-6-3-7-13-19)16-30-33-28(39)24(31-26(37)18-10-4-2-5-11-18)23-20-14-8-9-15-21(20)27(38)34-32-23/h2-16,24H,1H3,(H,31,37)(H,33,39)(H,34,38)/t24-/m0/s1. The Kier molecular flexibility index (Phi) is 7.28. The van der Waals surface area contributed by atoms with Crippen molar-refractivity contribution in [3.05, 3.63) is 123 Å². The molecule has 2 amide bonds. The summed E-state index contributed by atoms with van der Waals surface area (Å²) in [5.41, 5.74) is 4.44. The van der Waals surface area contributed by atoms with E-state index in [1.807, 2.05) is 30.3 Å². The van der Waals surface area contributed by atoms with E-state index < -0.39 is 23.4 Å². The highest BCUT2D eigenvalue weighted by Crippen LogP contribution is 2.23. The summed E-state index contributed by atoms with van der Waals surface area (Å²) in [7, 11) is 0. The third-order valence-electron chi connectivity index (χ3n) is 5.99. The first kappa shape index (κ1) is 25.6. The lowest BCUT2D eigenvalue weighted by atomic mass is 10.0. The average Bonchev–Trinajstić information content (AvgIpc) is 3.26. The van der Waals surface area contributed by atoms with E-state index in [9.17, 15) is 14.4 Å². The van der Waals surface area contributed by atoms with E-state index in [1.54, 1.807) is 66.2 Å². The Bertz CT molecular complexity index is 1750. The Morgan fingerprint density at radius 1 is 0.974 bits per heavy atom. The zero-order chi connectivity index (χ0) is 27.4. The zero-order valence-corrected chi connectivity index (χ0v) is 21.4. The molecule has 1 atom stereocenters. The third kappa shape index (κ3) is 5.32. The molecule has 10 nitrogen and oxygen atoms in total. The first-order valence-corrected chi connectivity index (χ1v) is 12.3. The van der Waals surface area contributed by atoms with Gasteiger partial charge in [0.05, 0.1) is 28.5 Å². The van der Waals surface area contributed by atoms with Crippen molar-refractivity contribution in [1.29, 1.82) is 0 Å². The van der Waals surface area contributed by atoms with Crippen molar-refractivity contribution in [1.82, 2.24) is 30.7 Å². The van der Waals surface area contributed by atoms with Gasteiger partial charge in [-0.15, -0.1) is 0 Å². The number of aryl methyl sites for hydroxylation is 1. The van der Waals surface area contributed by atoms with Crippen molar-refractivity contribution in [2.75, 3.05) is 0 Å². The van der Waals surface area contributed by atoms with E-state index in [-0.39, 0.29) is 5.69 Å². The largest absolute Gasteiger partial charge is 0.335 e. The van der Waals surface area contributed by atoms with Crippen molar-refractivity contribution in [3.8, 4) is 5.69 Å². The normalized spacial score (nSPS) is 11.9. The minimum atomic E-state index is -1.28. The lowest BCUT2D eigenvalue weighted by molar-refractivity contribution is -0.123. The van der Waals surface area contributed by atoms with Crippen molar-refractivity contribution in [2.24, 2.45) is 5.10 Å². The monoisotopic (exact) mass is 539 g/mol. The van der Waals surface area contributed by atoms with Crippen molar-refractivity contribution >= 4 is 40.4 Å². The molecule has 0 aliphatic carbocycles. The smallest absolute Gasteiger partial charge is 0.272 e. The molecule has 0 saturated carbocycles. The molecule has 3 aromatic carbocycles. The molecule has 2 heterocycles. The number of aromatic amines is 1. The van der Waals surface area contributed by atoms with Gasteiger partial charge >= 0.3 is 0 Å². The maximum Gasteiger partial charge on any atom is 0.272 e. The number of para-hydroxylation sites is 1. The maximum atomic E-state index is 13.4. The summed E-state index contributed by atoms with van der Waals surface area (Å²) in [6, 6.07) is 23.2. The summed E-state index contributed by atoms with van der Waals surface area (Å²) >= 11 is 6.55. The number of nitrogens with one attached hydrogen (secondary N) is 3. The van der Waals surface area contributed by atoms with Crippen LogP contribution < -0.4 is 16.3 Å². The van der Waals surface area contributed by atoms with Crippen LogP contribution in [-0.2, 0) is 4.79 Å². The van der Waals surface area contributed by atoms with Crippen LogP contribution >= 0.6 is 11.6 Å². The van der Waals surface area contributed by atoms with Crippen molar-refractivity contribution in [3.63, 3.8) is 0 Å². The number of hydrogen-bond acceptors (Lipinski definition) is 6. The number of nitrogens with zero attached hydrogens (tertiary/aromatic N) is 4. The van der Waals surface area contributed by atoms with Crippen LogP contribution in [0, 0.1) is 6.92 Å². The first-order valence-electron chi connectivity index (χ1n) is 11.9. The number of aromatic nitrogens is 4. The van der Waals surface area contributed by atoms with Crippen LogP contribution in [0.15, 0.2) is 94.8 Å². The number of H-pyrrole nitrogens is 1. The van der Waals surface area contributed by atoms with Gasteiger partial charge in [-0.1, -0.05) is 66.2 Å². The van der Waals surface area contributed by atoms with Crippen LogP contribution in [0.2, 0.25) is 5.15 Å². The zero-order valence-electron chi connectivity index (χ0n) is 20.6. The van der Waals surface area contributed by atoms with E-state index in [2.05, 4.69) is 31.1 Å². The second kappa shape index (κ2) is 11.1. The molecule has 5 rings (SSSR count). The highest BCUT2D eigenvalue weighted by atomic mass is 35.5. The van der Waals surface area contributed by atoms with Gasteiger partial charge in [-0.3, -0.25) is 14.4 Å². The Morgan fingerprint density at radius 3 is 2.33 bits per heavy atom. The maximum absolute atomic E-state index is 13.4. The average molecular weight is 540 g/mol. The minimum Gasteiger partial charge on any atom is -0.335 e.